The molecule has 0 saturated carbocycles. The van der Waals surface area contributed by atoms with Crippen LogP contribution in [0.4, 0.5) is 0 Å². The quantitative estimate of drug-likeness (QED) is 0.912. The maximum Gasteiger partial charge on any atom is 0.107 e. The first kappa shape index (κ1) is 13.3. The fraction of sp³-hybridized carbons (Fsp3) is 0.500. The molecule has 0 aliphatic heterocycles. The average molecular weight is 264 g/mol. The predicted molar refractivity (Wildman–Crippen MR) is 75.0 cm³/mol. The Morgan fingerprint density at radius 3 is 2.56 bits per heavy atom. The van der Waals surface area contributed by atoms with Gasteiger partial charge in [-0.25, -0.2) is 4.98 Å². The van der Waals surface area contributed by atoms with Gasteiger partial charge in [-0.3, -0.25) is 0 Å². The highest BCUT2D eigenvalue weighted by Crippen LogP contribution is 2.22. The lowest BCUT2D eigenvalue weighted by Gasteiger charge is -2.11. The second-order valence-corrected chi connectivity index (χ2v) is 6.01. The summed E-state index contributed by atoms with van der Waals surface area (Å²) in [6, 6.07) is 2.39. The molecule has 0 saturated heterocycles. The Hall–Kier alpha value is -1.13. The van der Waals surface area contributed by atoms with Crippen molar-refractivity contribution in [2.24, 2.45) is 0 Å². The lowest BCUT2D eigenvalue weighted by atomic mass is 10.1. The smallest absolute Gasteiger partial charge is 0.107 e. The minimum Gasteiger partial charge on any atom is -0.466 e. The van der Waals surface area contributed by atoms with Crippen molar-refractivity contribution in [2.45, 2.75) is 47.2 Å². The Bertz CT molecular complexity index is 522. The van der Waals surface area contributed by atoms with Gasteiger partial charge in [-0.1, -0.05) is 0 Å². The van der Waals surface area contributed by atoms with E-state index in [1.165, 1.54) is 10.4 Å². The molecular formula is C14H20N2OS. The van der Waals surface area contributed by atoms with E-state index in [0.717, 1.165) is 28.8 Å². The molecule has 4 heteroatoms. The van der Waals surface area contributed by atoms with Crippen molar-refractivity contribution >= 4 is 11.3 Å². The van der Waals surface area contributed by atoms with Gasteiger partial charge < -0.3 is 9.73 Å². The van der Waals surface area contributed by atoms with Crippen molar-refractivity contribution < 1.29 is 4.42 Å². The third-order valence-corrected chi connectivity index (χ3v) is 4.25. The number of nitrogens with one attached hydrogen (secondary N) is 1. The molecule has 0 spiro atoms. The van der Waals surface area contributed by atoms with Crippen LogP contribution in [0.5, 0.6) is 0 Å². The molecule has 18 heavy (non-hydrogen) atoms. The van der Waals surface area contributed by atoms with Crippen molar-refractivity contribution in [2.75, 3.05) is 0 Å². The van der Waals surface area contributed by atoms with Gasteiger partial charge in [0.25, 0.3) is 0 Å². The highest BCUT2D eigenvalue weighted by Gasteiger charge is 2.13. The summed E-state index contributed by atoms with van der Waals surface area (Å²) in [7, 11) is 0. The summed E-state index contributed by atoms with van der Waals surface area (Å²) in [5, 5.41) is 4.65. The van der Waals surface area contributed by atoms with Crippen LogP contribution in [0.25, 0.3) is 0 Å². The topological polar surface area (TPSA) is 38.1 Å². The van der Waals surface area contributed by atoms with E-state index in [-0.39, 0.29) is 6.04 Å². The first-order chi connectivity index (χ1) is 8.47. The van der Waals surface area contributed by atoms with Crippen LogP contribution in [0.3, 0.4) is 0 Å². The fourth-order valence-corrected chi connectivity index (χ4v) is 2.93. The Labute approximate surface area is 112 Å². The maximum absolute atomic E-state index is 5.56. The average Bonchev–Trinajstić information content (AvgIpc) is 2.79. The van der Waals surface area contributed by atoms with E-state index in [0.29, 0.717) is 0 Å². The van der Waals surface area contributed by atoms with Gasteiger partial charge in [0.2, 0.25) is 0 Å². The molecule has 3 nitrogen and oxygen atoms in total. The number of aryl methyl sites for hydroxylation is 4. The summed E-state index contributed by atoms with van der Waals surface area (Å²) in [6.45, 7) is 11.1. The molecule has 2 rings (SSSR count). The van der Waals surface area contributed by atoms with Crippen molar-refractivity contribution in [1.29, 1.82) is 0 Å². The van der Waals surface area contributed by atoms with Crippen molar-refractivity contribution in [3.05, 3.63) is 38.7 Å². The number of nitrogens with zero attached hydrogens (tertiary/aromatic N) is 1. The van der Waals surface area contributed by atoms with Crippen LogP contribution < -0.4 is 5.32 Å². The first-order valence-corrected chi connectivity index (χ1v) is 7.02. The molecule has 2 aromatic rings. The van der Waals surface area contributed by atoms with Crippen LogP contribution in [0.15, 0.2) is 10.5 Å². The molecule has 1 unspecified atom stereocenters. The maximum atomic E-state index is 5.56. The largest absolute Gasteiger partial charge is 0.466 e. The molecule has 98 valence electrons. The van der Waals surface area contributed by atoms with Crippen molar-refractivity contribution in [3.8, 4) is 0 Å². The molecule has 2 heterocycles. The Morgan fingerprint density at radius 2 is 2.06 bits per heavy atom. The van der Waals surface area contributed by atoms with E-state index in [1.807, 2.05) is 13.8 Å². The second kappa shape index (κ2) is 5.24. The molecule has 0 bridgehead atoms. The normalized spacial score (nSPS) is 12.9. The van der Waals surface area contributed by atoms with E-state index < -0.39 is 0 Å². The van der Waals surface area contributed by atoms with Gasteiger partial charge >= 0.3 is 0 Å². The van der Waals surface area contributed by atoms with E-state index in [9.17, 15) is 0 Å². The van der Waals surface area contributed by atoms with Gasteiger partial charge in [0.1, 0.15) is 16.5 Å². The van der Waals surface area contributed by atoms with Crippen LogP contribution in [-0.4, -0.2) is 4.98 Å². The minimum atomic E-state index is 0.284. The van der Waals surface area contributed by atoms with Crippen molar-refractivity contribution in [3.63, 3.8) is 0 Å². The molecule has 0 fully saturated rings. The number of hydrogen-bond donors (Lipinski definition) is 1. The molecule has 1 atom stereocenters. The number of aromatic nitrogens is 1. The van der Waals surface area contributed by atoms with E-state index in [1.54, 1.807) is 11.3 Å². The lowest BCUT2D eigenvalue weighted by molar-refractivity contribution is 0.489. The SMILES string of the molecule is Cc1cc(C(C)NCc2nc(C)c(C)s2)c(C)o1. The zero-order chi connectivity index (χ0) is 13.3. The van der Waals surface area contributed by atoms with E-state index in [4.69, 9.17) is 4.42 Å². The molecule has 0 aromatic carbocycles. The number of furan rings is 1. The zero-order valence-electron chi connectivity index (χ0n) is 11.6. The lowest BCUT2D eigenvalue weighted by Crippen LogP contribution is -2.18. The number of thiazole rings is 1. The summed E-state index contributed by atoms with van der Waals surface area (Å²) in [5.74, 6) is 1.97. The van der Waals surface area contributed by atoms with Gasteiger partial charge in [-0.05, 0) is 40.7 Å². The van der Waals surface area contributed by atoms with Gasteiger partial charge in [-0.2, -0.15) is 0 Å². The van der Waals surface area contributed by atoms with Crippen molar-refractivity contribution in [1.82, 2.24) is 10.3 Å². The minimum absolute atomic E-state index is 0.284. The molecular weight excluding hydrogens is 244 g/mol. The molecule has 0 aliphatic carbocycles. The molecule has 0 amide bonds. The Morgan fingerprint density at radius 1 is 1.33 bits per heavy atom. The van der Waals surface area contributed by atoms with E-state index >= 15 is 0 Å². The molecule has 0 aliphatic rings. The fourth-order valence-electron chi connectivity index (χ4n) is 2.05. The summed E-state index contributed by atoms with van der Waals surface area (Å²) in [5.41, 5.74) is 2.37. The van der Waals surface area contributed by atoms with Gasteiger partial charge in [0, 0.05) is 23.0 Å². The molecule has 0 radical (unpaired) electrons. The van der Waals surface area contributed by atoms with Gasteiger partial charge in [0.05, 0.1) is 5.69 Å². The van der Waals surface area contributed by atoms with E-state index in [2.05, 4.69) is 37.1 Å². The Kier molecular flexibility index (Phi) is 3.88. The predicted octanol–water partition coefficient (Wildman–Crippen LogP) is 3.82. The highest BCUT2D eigenvalue weighted by molar-refractivity contribution is 7.11. The van der Waals surface area contributed by atoms with Gasteiger partial charge in [-0.15, -0.1) is 11.3 Å². The second-order valence-electron chi connectivity index (χ2n) is 4.72. The Balaban J connectivity index is 2.00. The summed E-state index contributed by atoms with van der Waals surface area (Å²) in [4.78, 5) is 5.84. The van der Waals surface area contributed by atoms with Crippen LogP contribution in [0, 0.1) is 27.7 Å². The summed E-state index contributed by atoms with van der Waals surface area (Å²) < 4.78 is 5.56. The van der Waals surface area contributed by atoms with Crippen LogP contribution >= 0.6 is 11.3 Å². The van der Waals surface area contributed by atoms with Crippen LogP contribution in [-0.2, 0) is 6.54 Å². The third-order valence-electron chi connectivity index (χ3n) is 3.18. The summed E-state index contributed by atoms with van der Waals surface area (Å²) >= 11 is 1.76. The van der Waals surface area contributed by atoms with Crippen LogP contribution in [0.1, 0.15) is 45.6 Å². The molecule has 2 aromatic heterocycles. The number of hydrogen-bond acceptors (Lipinski definition) is 4. The molecule has 1 N–H and O–H groups in total. The first-order valence-electron chi connectivity index (χ1n) is 6.20. The zero-order valence-corrected chi connectivity index (χ0v) is 12.4. The number of rotatable bonds is 4. The third kappa shape index (κ3) is 2.82. The highest BCUT2D eigenvalue weighted by atomic mass is 32.1. The van der Waals surface area contributed by atoms with Crippen LogP contribution in [0.2, 0.25) is 0 Å². The summed E-state index contributed by atoms with van der Waals surface area (Å²) in [6.07, 6.45) is 0. The monoisotopic (exact) mass is 264 g/mol. The van der Waals surface area contributed by atoms with Gasteiger partial charge in [0.15, 0.2) is 0 Å². The standard InChI is InChI=1S/C14H20N2OS/c1-8-6-13(11(4)17-8)10(3)15-7-14-16-9(2)12(5)18-14/h6,10,15H,7H2,1-5H3.